The van der Waals surface area contributed by atoms with E-state index in [1.165, 1.54) is 0 Å². The molecule has 2 unspecified atom stereocenters. The maximum absolute atomic E-state index is 12.7. The first kappa shape index (κ1) is 18.7. The van der Waals surface area contributed by atoms with E-state index in [4.69, 9.17) is 14.2 Å². The van der Waals surface area contributed by atoms with Gasteiger partial charge in [-0.15, -0.1) is 0 Å². The lowest BCUT2D eigenvalue weighted by Gasteiger charge is -2.31. The maximum atomic E-state index is 12.7. The molecule has 0 spiro atoms. The van der Waals surface area contributed by atoms with E-state index in [-0.39, 0.29) is 30.6 Å². The number of allylic oxidation sites excluding steroid dienone is 2. The molecule has 0 bridgehead atoms. The molecular weight excluding hydrogens is 338 g/mol. The molecule has 2 aliphatic carbocycles. The van der Waals surface area contributed by atoms with Gasteiger partial charge in [-0.3, -0.25) is 14.5 Å². The fourth-order valence-electron chi connectivity index (χ4n) is 4.84. The smallest absolute Gasteiger partial charge is 0.414 e. The van der Waals surface area contributed by atoms with Crippen LogP contribution in [0.5, 0.6) is 0 Å². The zero-order valence-electron chi connectivity index (χ0n) is 15.9. The fourth-order valence-corrected chi connectivity index (χ4v) is 4.84. The normalized spacial score (nSPS) is 28.2. The number of ether oxygens (including phenoxy) is 3. The number of fused-ring (bicyclic) bond motifs is 1. The number of nitrogens with zero attached hydrogens (tertiary/aromatic N) is 1. The lowest BCUT2D eigenvalue weighted by Crippen LogP contribution is -2.42. The molecule has 0 aromatic rings. The Labute approximate surface area is 153 Å². The Balaban J connectivity index is 1.95. The Morgan fingerprint density at radius 2 is 1.77 bits per heavy atom. The van der Waals surface area contributed by atoms with Gasteiger partial charge >= 0.3 is 18.0 Å². The molecule has 1 saturated heterocycles. The first-order chi connectivity index (χ1) is 12.3. The lowest BCUT2D eigenvalue weighted by molar-refractivity contribution is -0.172. The molecule has 3 aliphatic rings. The van der Waals surface area contributed by atoms with Gasteiger partial charge in [-0.2, -0.15) is 0 Å². The van der Waals surface area contributed by atoms with Crippen molar-refractivity contribution in [3.8, 4) is 0 Å². The molecular formula is C19H27NO6. The Bertz CT molecular complexity index is 647. The highest BCUT2D eigenvalue weighted by molar-refractivity contribution is 6.01. The number of hydrogen-bond acceptors (Lipinski definition) is 6. The van der Waals surface area contributed by atoms with Crippen LogP contribution in [0.3, 0.4) is 0 Å². The van der Waals surface area contributed by atoms with Gasteiger partial charge in [-0.05, 0) is 52.9 Å². The summed E-state index contributed by atoms with van der Waals surface area (Å²) in [7, 11) is 0. The van der Waals surface area contributed by atoms with Crippen LogP contribution in [0, 0.1) is 16.7 Å². The van der Waals surface area contributed by atoms with Crippen LogP contribution in [0.2, 0.25) is 0 Å². The van der Waals surface area contributed by atoms with Crippen molar-refractivity contribution in [1.82, 2.24) is 4.90 Å². The van der Waals surface area contributed by atoms with Crippen LogP contribution in [0.25, 0.3) is 0 Å². The molecule has 0 radical (unpaired) electrons. The van der Waals surface area contributed by atoms with E-state index in [0.29, 0.717) is 26.0 Å². The molecule has 3 fully saturated rings. The molecule has 0 N–H and O–H groups in total. The molecule has 2 atom stereocenters. The summed E-state index contributed by atoms with van der Waals surface area (Å²) < 4.78 is 15.6. The number of hydrogen-bond donors (Lipinski definition) is 0. The predicted octanol–water partition coefficient (Wildman–Crippen LogP) is 2.65. The second-order valence-corrected chi connectivity index (χ2v) is 7.58. The molecule has 26 heavy (non-hydrogen) atoms. The average molecular weight is 365 g/mol. The van der Waals surface area contributed by atoms with Crippen molar-refractivity contribution in [1.29, 1.82) is 0 Å². The van der Waals surface area contributed by atoms with Crippen molar-refractivity contribution in [3.05, 3.63) is 11.3 Å². The minimum Gasteiger partial charge on any atom is -0.465 e. The highest BCUT2D eigenvalue weighted by Crippen LogP contribution is 2.73. The first-order valence-corrected chi connectivity index (χ1v) is 9.29. The predicted molar refractivity (Wildman–Crippen MR) is 91.9 cm³/mol. The van der Waals surface area contributed by atoms with Crippen molar-refractivity contribution < 1.29 is 28.6 Å². The fraction of sp³-hybridized carbons (Fsp3) is 0.737. The summed E-state index contributed by atoms with van der Waals surface area (Å²) in [5.74, 6) is -0.862. The maximum Gasteiger partial charge on any atom is 0.414 e. The molecule has 7 nitrogen and oxygen atoms in total. The zero-order valence-corrected chi connectivity index (χ0v) is 15.9. The minimum atomic E-state index is -1.28. The van der Waals surface area contributed by atoms with Crippen molar-refractivity contribution in [2.24, 2.45) is 16.7 Å². The van der Waals surface area contributed by atoms with Crippen LogP contribution in [0.4, 0.5) is 4.79 Å². The molecule has 3 rings (SSSR count). The highest BCUT2D eigenvalue weighted by atomic mass is 16.6. The van der Waals surface area contributed by atoms with E-state index in [0.717, 1.165) is 17.7 Å². The standard InChI is InChI=1S/C19H27NO6/c1-5-24-15(21)19(16(22)25-6-2)10-13-9-18(13,11-19)14(12(3)4)20-7-8-26-17(20)23/h13H,5-11H2,1-4H3. The van der Waals surface area contributed by atoms with Crippen LogP contribution >= 0.6 is 0 Å². The van der Waals surface area contributed by atoms with Crippen LogP contribution < -0.4 is 0 Å². The van der Waals surface area contributed by atoms with E-state index < -0.39 is 17.4 Å². The largest absolute Gasteiger partial charge is 0.465 e. The van der Waals surface area contributed by atoms with Gasteiger partial charge in [0, 0.05) is 11.1 Å². The van der Waals surface area contributed by atoms with E-state index in [1.807, 2.05) is 13.8 Å². The quantitative estimate of drug-likeness (QED) is 0.409. The Morgan fingerprint density at radius 1 is 1.15 bits per heavy atom. The van der Waals surface area contributed by atoms with E-state index >= 15 is 0 Å². The summed E-state index contributed by atoms with van der Waals surface area (Å²) in [6.45, 7) is 8.65. The van der Waals surface area contributed by atoms with Gasteiger partial charge in [0.2, 0.25) is 0 Å². The SMILES string of the molecule is CCOC(=O)C1(C(=O)OCC)CC2CC2(C(=C(C)C)N2CCOC2=O)C1. The summed E-state index contributed by atoms with van der Waals surface area (Å²) >= 11 is 0. The van der Waals surface area contributed by atoms with Crippen molar-refractivity contribution in [2.45, 2.75) is 47.0 Å². The second kappa shape index (κ2) is 6.59. The van der Waals surface area contributed by atoms with Crippen LogP contribution in [0.15, 0.2) is 11.3 Å². The third-order valence-electron chi connectivity index (χ3n) is 5.75. The molecule has 1 amide bonds. The molecule has 7 heteroatoms. The number of carbonyl (C=O) groups is 3. The average Bonchev–Trinajstić information content (AvgIpc) is 2.90. The van der Waals surface area contributed by atoms with Gasteiger partial charge in [0.25, 0.3) is 0 Å². The van der Waals surface area contributed by atoms with Crippen molar-refractivity contribution in [3.63, 3.8) is 0 Å². The molecule has 0 aromatic carbocycles. The number of cyclic esters (lactones) is 1. The molecule has 1 heterocycles. The highest BCUT2D eigenvalue weighted by Gasteiger charge is 2.73. The molecule has 0 aromatic heterocycles. The third-order valence-corrected chi connectivity index (χ3v) is 5.75. The van der Waals surface area contributed by atoms with Crippen LogP contribution in [-0.4, -0.2) is 49.3 Å². The summed E-state index contributed by atoms with van der Waals surface area (Å²) in [5, 5.41) is 0. The van der Waals surface area contributed by atoms with Gasteiger partial charge in [0.1, 0.15) is 6.61 Å². The lowest BCUT2D eigenvalue weighted by atomic mass is 9.79. The third kappa shape index (κ3) is 2.68. The van der Waals surface area contributed by atoms with Gasteiger partial charge < -0.3 is 14.2 Å². The topological polar surface area (TPSA) is 82.1 Å². The van der Waals surface area contributed by atoms with Gasteiger partial charge in [-0.25, -0.2) is 4.79 Å². The van der Waals surface area contributed by atoms with Gasteiger partial charge in [0.05, 0.1) is 19.8 Å². The number of rotatable bonds is 6. The summed E-state index contributed by atoms with van der Waals surface area (Å²) in [6.07, 6.45) is 1.24. The minimum absolute atomic E-state index is 0.162. The first-order valence-electron chi connectivity index (χ1n) is 9.29. The molecule has 2 saturated carbocycles. The van der Waals surface area contributed by atoms with Gasteiger partial charge in [0.15, 0.2) is 5.41 Å². The van der Waals surface area contributed by atoms with E-state index in [9.17, 15) is 14.4 Å². The second-order valence-electron chi connectivity index (χ2n) is 7.58. The summed E-state index contributed by atoms with van der Waals surface area (Å²) in [5.41, 5.74) is 0.274. The van der Waals surface area contributed by atoms with Gasteiger partial charge in [-0.1, -0.05) is 5.57 Å². The van der Waals surface area contributed by atoms with E-state index in [1.54, 1.807) is 18.7 Å². The Hall–Kier alpha value is -2.05. The zero-order chi connectivity index (χ0) is 19.1. The van der Waals surface area contributed by atoms with E-state index in [2.05, 4.69) is 0 Å². The van der Waals surface area contributed by atoms with Crippen molar-refractivity contribution in [2.75, 3.05) is 26.4 Å². The Kier molecular flexibility index (Phi) is 4.75. The molecule has 1 aliphatic heterocycles. The Morgan fingerprint density at radius 3 is 2.23 bits per heavy atom. The number of esters is 2. The number of amides is 1. The number of carbonyl (C=O) groups excluding carboxylic acids is 3. The van der Waals surface area contributed by atoms with Crippen molar-refractivity contribution >= 4 is 18.0 Å². The van der Waals surface area contributed by atoms with Crippen LogP contribution in [-0.2, 0) is 23.8 Å². The summed E-state index contributed by atoms with van der Waals surface area (Å²) in [6, 6.07) is 0. The molecule has 144 valence electrons. The van der Waals surface area contributed by atoms with Crippen LogP contribution in [0.1, 0.15) is 47.0 Å². The monoisotopic (exact) mass is 365 g/mol. The summed E-state index contributed by atoms with van der Waals surface area (Å²) in [4.78, 5) is 39.3.